The van der Waals surface area contributed by atoms with Crippen LogP contribution in [0.15, 0.2) is 42.5 Å². The second-order valence-corrected chi connectivity index (χ2v) is 7.25. The van der Waals surface area contributed by atoms with Crippen LogP contribution in [0.3, 0.4) is 0 Å². The molecule has 0 fully saturated rings. The highest BCUT2D eigenvalue weighted by Gasteiger charge is 2.36. The summed E-state index contributed by atoms with van der Waals surface area (Å²) in [6, 6.07) is 10.9. The number of rotatable bonds is 3. The molecule has 0 saturated heterocycles. The Morgan fingerprint density at radius 3 is 2.37 bits per heavy atom. The van der Waals surface area contributed by atoms with E-state index in [1.54, 1.807) is 6.07 Å². The van der Waals surface area contributed by atoms with Crippen molar-refractivity contribution in [2.75, 3.05) is 5.32 Å². The third kappa shape index (κ3) is 3.51. The second-order valence-electron chi connectivity index (χ2n) is 6.43. The molecule has 0 saturated carbocycles. The molecule has 0 unspecified atom stereocenters. The Bertz CT molecular complexity index is 1320. The number of pyridine rings is 1. The van der Waals surface area contributed by atoms with E-state index in [9.17, 15) is 22.8 Å². The van der Waals surface area contributed by atoms with Crippen LogP contribution in [0.2, 0.25) is 10.0 Å². The van der Waals surface area contributed by atoms with Crippen LogP contribution in [0.25, 0.3) is 16.7 Å². The van der Waals surface area contributed by atoms with Crippen LogP contribution in [-0.4, -0.2) is 9.38 Å². The number of anilines is 1. The number of nitrogens with zero attached hydrogens (tertiary/aromatic N) is 3. The van der Waals surface area contributed by atoms with Gasteiger partial charge in [0.25, 0.3) is 0 Å². The Labute approximate surface area is 177 Å². The van der Waals surface area contributed by atoms with Crippen molar-refractivity contribution in [2.24, 2.45) is 0 Å². The van der Waals surface area contributed by atoms with Crippen molar-refractivity contribution < 1.29 is 17.6 Å². The van der Waals surface area contributed by atoms with E-state index in [0.29, 0.717) is 11.1 Å². The van der Waals surface area contributed by atoms with Gasteiger partial charge in [-0.15, -0.1) is 0 Å². The van der Waals surface area contributed by atoms with Gasteiger partial charge in [0.15, 0.2) is 5.65 Å². The highest BCUT2D eigenvalue weighted by atomic mass is 35.5. The molecular formula is C20H10Cl2F4N4. The van der Waals surface area contributed by atoms with E-state index >= 15 is 0 Å². The van der Waals surface area contributed by atoms with Gasteiger partial charge >= 0.3 is 6.18 Å². The van der Waals surface area contributed by atoms with Gasteiger partial charge in [0, 0.05) is 6.54 Å². The van der Waals surface area contributed by atoms with Crippen LogP contribution in [-0.2, 0) is 12.7 Å². The largest absolute Gasteiger partial charge is 0.417 e. The maximum absolute atomic E-state index is 13.6. The molecule has 30 heavy (non-hydrogen) atoms. The van der Waals surface area contributed by atoms with Crippen LogP contribution in [0, 0.1) is 17.1 Å². The van der Waals surface area contributed by atoms with Gasteiger partial charge in [-0.25, -0.2) is 9.37 Å². The summed E-state index contributed by atoms with van der Waals surface area (Å²) in [6.07, 6.45) is -4.77. The molecule has 0 atom stereocenters. The first-order valence-corrected chi connectivity index (χ1v) is 9.24. The Morgan fingerprint density at radius 2 is 1.73 bits per heavy atom. The van der Waals surface area contributed by atoms with Crippen molar-refractivity contribution in [1.29, 1.82) is 5.26 Å². The SMILES string of the molecule is N#Cc1c(C(F)(F)F)cc(NCc2ccc(F)cc2)n2c1nc1cc(Cl)c(Cl)cc12. The molecule has 0 aliphatic carbocycles. The van der Waals surface area contributed by atoms with E-state index in [0.717, 1.165) is 6.07 Å². The number of fused-ring (bicyclic) bond motifs is 3. The van der Waals surface area contributed by atoms with Crippen molar-refractivity contribution in [3.63, 3.8) is 0 Å². The standard InChI is InChI=1S/C20H10Cl2F4N4/c21-14-6-16-17(7-15(14)22)30-18(28-9-10-1-3-11(23)4-2-10)5-13(20(24,25)26)12(8-27)19(30)29-16/h1-7,28H,9H2. The minimum atomic E-state index is -4.77. The molecule has 0 amide bonds. The van der Waals surface area contributed by atoms with Gasteiger partial charge in [-0.2, -0.15) is 18.4 Å². The fourth-order valence-electron chi connectivity index (χ4n) is 3.14. The maximum atomic E-state index is 13.6. The van der Waals surface area contributed by atoms with Crippen LogP contribution >= 0.6 is 23.2 Å². The van der Waals surface area contributed by atoms with E-state index < -0.39 is 23.1 Å². The first-order valence-electron chi connectivity index (χ1n) is 8.49. The maximum Gasteiger partial charge on any atom is 0.417 e. The molecule has 2 aromatic carbocycles. The zero-order valence-electron chi connectivity index (χ0n) is 14.9. The van der Waals surface area contributed by atoms with Crippen LogP contribution in [0.4, 0.5) is 23.4 Å². The van der Waals surface area contributed by atoms with Gasteiger partial charge in [-0.05, 0) is 35.9 Å². The number of nitrogens with one attached hydrogen (secondary N) is 1. The normalized spacial score (nSPS) is 11.8. The number of alkyl halides is 3. The van der Waals surface area contributed by atoms with Gasteiger partial charge in [-0.1, -0.05) is 35.3 Å². The third-order valence-electron chi connectivity index (χ3n) is 4.52. The number of imidazole rings is 1. The first kappa shape index (κ1) is 20.3. The summed E-state index contributed by atoms with van der Waals surface area (Å²) < 4.78 is 55.4. The fraction of sp³-hybridized carbons (Fsp3) is 0.100. The number of aromatic nitrogens is 2. The summed E-state index contributed by atoms with van der Waals surface area (Å²) in [4.78, 5) is 4.20. The topological polar surface area (TPSA) is 53.1 Å². The molecule has 0 aliphatic rings. The van der Waals surface area contributed by atoms with Crippen molar-refractivity contribution in [3.05, 3.63) is 75.0 Å². The molecular weight excluding hydrogens is 443 g/mol. The lowest BCUT2D eigenvalue weighted by Gasteiger charge is -2.15. The lowest BCUT2D eigenvalue weighted by Crippen LogP contribution is -2.13. The lowest BCUT2D eigenvalue weighted by atomic mass is 10.1. The fourth-order valence-corrected chi connectivity index (χ4v) is 3.45. The predicted molar refractivity (Wildman–Crippen MR) is 106 cm³/mol. The van der Waals surface area contributed by atoms with E-state index in [-0.39, 0.29) is 33.6 Å². The van der Waals surface area contributed by atoms with E-state index in [1.165, 1.54) is 40.8 Å². The number of hydrogen-bond donors (Lipinski definition) is 1. The van der Waals surface area contributed by atoms with E-state index in [1.807, 2.05) is 0 Å². The molecule has 4 aromatic rings. The van der Waals surface area contributed by atoms with Gasteiger partial charge in [0.1, 0.15) is 23.3 Å². The number of nitriles is 1. The Hall–Kier alpha value is -3.02. The molecule has 0 aliphatic heterocycles. The van der Waals surface area contributed by atoms with Gasteiger partial charge in [-0.3, -0.25) is 4.40 Å². The van der Waals surface area contributed by atoms with Gasteiger partial charge in [0.05, 0.1) is 26.6 Å². The molecule has 2 aromatic heterocycles. The Morgan fingerprint density at radius 1 is 1.07 bits per heavy atom. The molecule has 152 valence electrons. The highest BCUT2D eigenvalue weighted by Crippen LogP contribution is 2.38. The molecule has 10 heteroatoms. The summed E-state index contributed by atoms with van der Waals surface area (Å²) in [5.41, 5.74) is -0.601. The van der Waals surface area contributed by atoms with Gasteiger partial charge in [0.2, 0.25) is 0 Å². The van der Waals surface area contributed by atoms with E-state index in [4.69, 9.17) is 23.2 Å². The number of benzene rings is 2. The lowest BCUT2D eigenvalue weighted by molar-refractivity contribution is -0.137. The molecule has 1 N–H and O–H groups in total. The van der Waals surface area contributed by atoms with Crippen molar-refractivity contribution >= 4 is 45.7 Å². The molecule has 0 radical (unpaired) electrons. The monoisotopic (exact) mass is 452 g/mol. The van der Waals surface area contributed by atoms with E-state index in [2.05, 4.69) is 10.3 Å². The second kappa shape index (κ2) is 7.35. The number of hydrogen-bond acceptors (Lipinski definition) is 3. The zero-order chi connectivity index (χ0) is 21.6. The summed E-state index contributed by atoms with van der Waals surface area (Å²) in [5.74, 6) is -0.382. The molecule has 0 spiro atoms. The first-order chi connectivity index (χ1) is 14.2. The highest BCUT2D eigenvalue weighted by molar-refractivity contribution is 6.42. The molecule has 0 bridgehead atoms. The summed E-state index contributed by atoms with van der Waals surface area (Å²) in [5, 5.41) is 12.7. The Balaban J connectivity index is 1.97. The third-order valence-corrected chi connectivity index (χ3v) is 5.24. The minimum absolute atomic E-state index is 0.0431. The van der Waals surface area contributed by atoms with Crippen molar-refractivity contribution in [1.82, 2.24) is 9.38 Å². The number of halogens is 6. The summed E-state index contributed by atoms with van der Waals surface area (Å²) in [7, 11) is 0. The molecule has 2 heterocycles. The smallest absolute Gasteiger partial charge is 0.367 e. The average molecular weight is 453 g/mol. The molecule has 4 rings (SSSR count). The summed E-state index contributed by atoms with van der Waals surface area (Å²) in [6.45, 7) is 0.111. The Kier molecular flexibility index (Phi) is 4.96. The quantitative estimate of drug-likeness (QED) is 0.364. The van der Waals surface area contributed by atoms with Crippen LogP contribution in [0.1, 0.15) is 16.7 Å². The van der Waals surface area contributed by atoms with Crippen LogP contribution in [0.5, 0.6) is 0 Å². The minimum Gasteiger partial charge on any atom is -0.367 e. The van der Waals surface area contributed by atoms with Crippen molar-refractivity contribution in [3.8, 4) is 6.07 Å². The summed E-state index contributed by atoms with van der Waals surface area (Å²) >= 11 is 12.1. The van der Waals surface area contributed by atoms with Crippen LogP contribution < -0.4 is 5.32 Å². The van der Waals surface area contributed by atoms with Crippen molar-refractivity contribution in [2.45, 2.75) is 12.7 Å². The zero-order valence-corrected chi connectivity index (χ0v) is 16.4. The average Bonchev–Trinajstić information content (AvgIpc) is 3.04. The predicted octanol–water partition coefficient (Wildman–Crippen LogP) is 6.44. The molecule has 4 nitrogen and oxygen atoms in total. The van der Waals surface area contributed by atoms with Gasteiger partial charge < -0.3 is 5.32 Å².